The predicted octanol–water partition coefficient (Wildman–Crippen LogP) is 3.77. The number of pyridine rings is 1. The second kappa shape index (κ2) is 5.18. The van der Waals surface area contributed by atoms with Gasteiger partial charge in [0.2, 0.25) is 0 Å². The number of rotatable bonds is 3. The number of thiazole rings is 1. The van der Waals surface area contributed by atoms with Crippen LogP contribution in [-0.4, -0.2) is 14.9 Å². The molecule has 0 fully saturated rings. The molecule has 0 aliphatic rings. The number of fused-ring (bicyclic) bond motifs is 1. The Hall–Kier alpha value is -2.60. The molecule has 6 heteroatoms. The third-order valence-electron chi connectivity index (χ3n) is 2.72. The van der Waals surface area contributed by atoms with Crippen molar-refractivity contribution in [3.8, 4) is 0 Å². The van der Waals surface area contributed by atoms with E-state index in [0.29, 0.717) is 5.52 Å². The summed E-state index contributed by atoms with van der Waals surface area (Å²) in [5.74, 6) is 0. The fourth-order valence-corrected chi connectivity index (χ4v) is 2.61. The van der Waals surface area contributed by atoms with Crippen molar-refractivity contribution in [3.63, 3.8) is 0 Å². The lowest BCUT2D eigenvalue weighted by Crippen LogP contribution is -1.86. The summed E-state index contributed by atoms with van der Waals surface area (Å²) in [6.45, 7) is 0. The SMILES string of the molecule is O=[N+]([O-])c1ccc2sc(C=Cc3ccncc3)nc2c1. The Bertz CT molecular complexity index is 797. The molecule has 0 N–H and O–H groups in total. The maximum atomic E-state index is 10.7. The summed E-state index contributed by atoms with van der Waals surface area (Å²) in [6.07, 6.45) is 7.28. The molecule has 0 aliphatic carbocycles. The number of nitro benzene ring substituents is 1. The molecule has 0 aliphatic heterocycles. The molecule has 20 heavy (non-hydrogen) atoms. The summed E-state index contributed by atoms with van der Waals surface area (Å²) in [7, 11) is 0. The van der Waals surface area contributed by atoms with Crippen molar-refractivity contribution in [3.05, 3.63) is 63.4 Å². The molecule has 0 atom stereocenters. The van der Waals surface area contributed by atoms with Crippen LogP contribution < -0.4 is 0 Å². The van der Waals surface area contributed by atoms with Crippen molar-refractivity contribution in [2.75, 3.05) is 0 Å². The summed E-state index contributed by atoms with van der Waals surface area (Å²) in [4.78, 5) is 18.6. The highest BCUT2D eigenvalue weighted by Crippen LogP contribution is 2.26. The van der Waals surface area contributed by atoms with Gasteiger partial charge in [0.05, 0.1) is 15.1 Å². The Morgan fingerprint density at radius 1 is 1.15 bits per heavy atom. The van der Waals surface area contributed by atoms with E-state index in [1.807, 2.05) is 24.3 Å². The van der Waals surface area contributed by atoms with E-state index in [9.17, 15) is 10.1 Å². The minimum Gasteiger partial charge on any atom is -0.265 e. The molecule has 3 rings (SSSR count). The Kier molecular flexibility index (Phi) is 3.22. The van der Waals surface area contributed by atoms with Crippen LogP contribution >= 0.6 is 11.3 Å². The van der Waals surface area contributed by atoms with E-state index in [-0.39, 0.29) is 5.69 Å². The van der Waals surface area contributed by atoms with Crippen LogP contribution in [0.2, 0.25) is 0 Å². The molecular formula is C14H9N3O2S. The van der Waals surface area contributed by atoms with E-state index < -0.39 is 4.92 Å². The molecule has 0 saturated carbocycles. The summed E-state index contributed by atoms with van der Waals surface area (Å²) < 4.78 is 0.935. The van der Waals surface area contributed by atoms with Crippen molar-refractivity contribution in [1.82, 2.24) is 9.97 Å². The lowest BCUT2D eigenvalue weighted by Gasteiger charge is -1.89. The van der Waals surface area contributed by atoms with E-state index in [1.54, 1.807) is 18.5 Å². The van der Waals surface area contributed by atoms with Gasteiger partial charge in [-0.25, -0.2) is 4.98 Å². The maximum Gasteiger partial charge on any atom is 0.271 e. The summed E-state index contributed by atoms with van der Waals surface area (Å²) in [6, 6.07) is 8.52. The van der Waals surface area contributed by atoms with Gasteiger partial charge in [0.15, 0.2) is 0 Å². The molecule has 98 valence electrons. The van der Waals surface area contributed by atoms with Gasteiger partial charge in [-0.05, 0) is 29.8 Å². The molecule has 1 aromatic carbocycles. The Morgan fingerprint density at radius 3 is 2.70 bits per heavy atom. The molecule has 0 amide bonds. The average Bonchev–Trinajstić information content (AvgIpc) is 2.88. The van der Waals surface area contributed by atoms with Crippen LogP contribution in [-0.2, 0) is 0 Å². The number of aromatic nitrogens is 2. The highest BCUT2D eigenvalue weighted by Gasteiger charge is 2.09. The molecule has 0 spiro atoms. The van der Waals surface area contributed by atoms with Crippen LogP contribution in [0.4, 0.5) is 5.69 Å². The van der Waals surface area contributed by atoms with Crippen LogP contribution in [0.5, 0.6) is 0 Å². The van der Waals surface area contributed by atoms with Gasteiger partial charge in [-0.1, -0.05) is 6.08 Å². The molecule has 0 unspecified atom stereocenters. The zero-order valence-corrected chi connectivity index (χ0v) is 11.1. The second-order valence-corrected chi connectivity index (χ2v) is 5.14. The summed E-state index contributed by atoms with van der Waals surface area (Å²) in [5.41, 5.74) is 1.75. The number of nitrogens with zero attached hydrogens (tertiary/aromatic N) is 3. The van der Waals surface area contributed by atoms with Crippen molar-refractivity contribution in [2.45, 2.75) is 0 Å². The number of non-ortho nitro benzene ring substituents is 1. The first-order chi connectivity index (χ1) is 9.72. The van der Waals surface area contributed by atoms with Gasteiger partial charge in [-0.2, -0.15) is 0 Å². The lowest BCUT2D eigenvalue weighted by molar-refractivity contribution is -0.384. The summed E-state index contributed by atoms with van der Waals surface area (Å²) >= 11 is 1.50. The standard InChI is InChI=1S/C14H9N3O2S/c18-17(19)11-2-3-13-12(9-11)16-14(20-13)4-1-10-5-7-15-8-6-10/h1-9H. The van der Waals surface area contributed by atoms with Crippen LogP contribution in [0.15, 0.2) is 42.7 Å². The van der Waals surface area contributed by atoms with Crippen molar-refractivity contribution in [1.29, 1.82) is 0 Å². The molecule has 2 aromatic heterocycles. The molecule has 0 bridgehead atoms. The second-order valence-electron chi connectivity index (χ2n) is 4.08. The van der Waals surface area contributed by atoms with Crippen LogP contribution in [0.1, 0.15) is 10.6 Å². The van der Waals surface area contributed by atoms with Crippen LogP contribution in [0, 0.1) is 10.1 Å². The fourth-order valence-electron chi connectivity index (χ4n) is 1.76. The Balaban J connectivity index is 1.93. The molecule has 2 heterocycles. The quantitative estimate of drug-likeness (QED) is 0.542. The zero-order chi connectivity index (χ0) is 13.9. The van der Waals surface area contributed by atoms with E-state index >= 15 is 0 Å². The van der Waals surface area contributed by atoms with Gasteiger partial charge in [0.25, 0.3) is 5.69 Å². The number of benzene rings is 1. The highest BCUT2D eigenvalue weighted by atomic mass is 32.1. The molecule has 5 nitrogen and oxygen atoms in total. The monoisotopic (exact) mass is 283 g/mol. The van der Waals surface area contributed by atoms with Gasteiger partial charge in [0, 0.05) is 24.5 Å². The van der Waals surface area contributed by atoms with Gasteiger partial charge < -0.3 is 0 Å². The van der Waals surface area contributed by atoms with E-state index in [0.717, 1.165) is 15.3 Å². The van der Waals surface area contributed by atoms with Crippen molar-refractivity contribution >= 4 is 39.4 Å². The van der Waals surface area contributed by atoms with Crippen molar-refractivity contribution in [2.24, 2.45) is 0 Å². The first kappa shape index (κ1) is 12.4. The van der Waals surface area contributed by atoms with Gasteiger partial charge in [-0.15, -0.1) is 11.3 Å². The number of nitro groups is 1. The predicted molar refractivity (Wildman–Crippen MR) is 79.4 cm³/mol. The highest BCUT2D eigenvalue weighted by molar-refractivity contribution is 7.19. The number of hydrogen-bond donors (Lipinski definition) is 0. The van der Waals surface area contributed by atoms with Gasteiger partial charge in [0.1, 0.15) is 5.01 Å². The molecule has 0 radical (unpaired) electrons. The first-order valence-electron chi connectivity index (χ1n) is 5.85. The largest absolute Gasteiger partial charge is 0.271 e. The van der Waals surface area contributed by atoms with E-state index in [4.69, 9.17) is 0 Å². The van der Waals surface area contributed by atoms with Gasteiger partial charge in [-0.3, -0.25) is 15.1 Å². The smallest absolute Gasteiger partial charge is 0.265 e. The summed E-state index contributed by atoms with van der Waals surface area (Å²) in [5, 5.41) is 11.5. The molecule has 3 aromatic rings. The maximum absolute atomic E-state index is 10.7. The third-order valence-corrected chi connectivity index (χ3v) is 3.72. The van der Waals surface area contributed by atoms with E-state index in [1.165, 1.54) is 23.5 Å². The van der Waals surface area contributed by atoms with Crippen molar-refractivity contribution < 1.29 is 4.92 Å². The minimum absolute atomic E-state index is 0.0625. The van der Waals surface area contributed by atoms with Gasteiger partial charge >= 0.3 is 0 Å². The Morgan fingerprint density at radius 2 is 1.95 bits per heavy atom. The topological polar surface area (TPSA) is 68.9 Å². The van der Waals surface area contributed by atoms with Crippen LogP contribution in [0.25, 0.3) is 22.4 Å². The van der Waals surface area contributed by atoms with Crippen LogP contribution in [0.3, 0.4) is 0 Å². The molecular weight excluding hydrogens is 274 g/mol. The average molecular weight is 283 g/mol. The van der Waals surface area contributed by atoms with E-state index in [2.05, 4.69) is 9.97 Å². The third kappa shape index (κ3) is 2.55. The first-order valence-corrected chi connectivity index (χ1v) is 6.67. The molecule has 0 saturated heterocycles. The normalized spacial score (nSPS) is 11.2. The fraction of sp³-hybridized carbons (Fsp3) is 0. The lowest BCUT2D eigenvalue weighted by atomic mass is 10.2. The zero-order valence-electron chi connectivity index (χ0n) is 10.3. The minimum atomic E-state index is -0.411. The number of hydrogen-bond acceptors (Lipinski definition) is 5. The Labute approximate surface area is 118 Å².